The molecule has 0 spiro atoms. The summed E-state index contributed by atoms with van der Waals surface area (Å²) in [5.41, 5.74) is 2.39. The molecule has 0 radical (unpaired) electrons. The summed E-state index contributed by atoms with van der Waals surface area (Å²) in [5.74, 6) is 0.256. The Morgan fingerprint density at radius 3 is 2.40 bits per heavy atom. The first-order chi connectivity index (χ1) is 21.9. The number of carbonyl (C=O) groups is 2. The maximum absolute atomic E-state index is 14.2. The fourth-order valence-electron chi connectivity index (χ4n) is 4.95. The molecule has 2 heterocycles. The molecule has 11 heteroatoms. The van der Waals surface area contributed by atoms with Crippen molar-refractivity contribution in [1.29, 1.82) is 0 Å². The van der Waals surface area contributed by atoms with Crippen LogP contribution in [0.5, 0.6) is 17.2 Å². The molecule has 0 saturated heterocycles. The van der Waals surface area contributed by atoms with Gasteiger partial charge in [-0.1, -0.05) is 59.9 Å². The minimum atomic E-state index is -0.832. The van der Waals surface area contributed by atoms with Crippen LogP contribution in [0, 0.1) is 0 Å². The average molecular weight is 629 g/mol. The number of ether oxygens (including phenoxy) is 5. The first-order valence-electron chi connectivity index (χ1n) is 14.3. The van der Waals surface area contributed by atoms with Crippen molar-refractivity contribution in [3.05, 3.63) is 115 Å². The number of methoxy groups -OCH3 is 2. The molecule has 1 aliphatic heterocycles. The second-order valence-electron chi connectivity index (χ2n) is 9.71. The Morgan fingerprint density at radius 2 is 1.69 bits per heavy atom. The van der Waals surface area contributed by atoms with Crippen LogP contribution in [0.15, 0.2) is 88.2 Å². The van der Waals surface area contributed by atoms with Gasteiger partial charge in [0.1, 0.15) is 5.75 Å². The van der Waals surface area contributed by atoms with Crippen LogP contribution in [0.2, 0.25) is 0 Å². The van der Waals surface area contributed by atoms with Crippen LogP contribution in [0.25, 0.3) is 11.8 Å². The van der Waals surface area contributed by atoms with E-state index in [0.717, 1.165) is 0 Å². The number of fused-ring (bicyclic) bond motifs is 1. The van der Waals surface area contributed by atoms with Crippen LogP contribution >= 0.6 is 11.3 Å². The lowest BCUT2D eigenvalue weighted by Crippen LogP contribution is -2.40. The third-order valence-corrected chi connectivity index (χ3v) is 7.90. The maximum Gasteiger partial charge on any atom is 0.344 e. The Balaban J connectivity index is 1.68. The van der Waals surface area contributed by atoms with Crippen LogP contribution in [0.1, 0.15) is 36.6 Å². The van der Waals surface area contributed by atoms with Crippen molar-refractivity contribution in [1.82, 2.24) is 4.57 Å². The molecule has 0 bridgehead atoms. The van der Waals surface area contributed by atoms with Gasteiger partial charge in [-0.3, -0.25) is 9.36 Å². The molecule has 5 rings (SSSR count). The van der Waals surface area contributed by atoms with Crippen LogP contribution in [-0.2, 0) is 19.1 Å². The van der Waals surface area contributed by atoms with E-state index in [1.165, 1.54) is 23.0 Å². The topological polar surface area (TPSA) is 115 Å². The zero-order chi connectivity index (χ0) is 31.9. The highest BCUT2D eigenvalue weighted by molar-refractivity contribution is 7.07. The highest BCUT2D eigenvalue weighted by Gasteiger charge is 2.35. The molecule has 1 aromatic heterocycles. The zero-order valence-electron chi connectivity index (χ0n) is 25.3. The molecule has 0 unspecified atom stereocenters. The van der Waals surface area contributed by atoms with Crippen molar-refractivity contribution < 1.29 is 33.3 Å². The normalized spacial score (nSPS) is 14.3. The minimum Gasteiger partial charge on any atom is -0.497 e. The molecule has 0 saturated carbocycles. The average Bonchev–Trinajstić information content (AvgIpc) is 3.37. The zero-order valence-corrected chi connectivity index (χ0v) is 26.1. The minimum absolute atomic E-state index is 0.154. The van der Waals surface area contributed by atoms with Gasteiger partial charge in [0.15, 0.2) is 22.9 Å². The molecule has 0 amide bonds. The Hall–Kier alpha value is -5.16. The van der Waals surface area contributed by atoms with E-state index in [9.17, 15) is 14.4 Å². The lowest BCUT2D eigenvalue weighted by molar-refractivity contribution is -0.145. The van der Waals surface area contributed by atoms with Gasteiger partial charge in [-0.25, -0.2) is 14.6 Å². The summed E-state index contributed by atoms with van der Waals surface area (Å²) in [4.78, 5) is 44.8. The van der Waals surface area contributed by atoms with Gasteiger partial charge in [0, 0.05) is 5.56 Å². The summed E-state index contributed by atoms with van der Waals surface area (Å²) >= 11 is 1.21. The summed E-state index contributed by atoms with van der Waals surface area (Å²) < 4.78 is 28.9. The van der Waals surface area contributed by atoms with E-state index in [4.69, 9.17) is 28.7 Å². The Kier molecular flexibility index (Phi) is 9.79. The number of esters is 2. The van der Waals surface area contributed by atoms with Gasteiger partial charge in [0.05, 0.1) is 49.3 Å². The number of rotatable bonds is 11. The molecule has 0 aliphatic carbocycles. The second kappa shape index (κ2) is 14.1. The molecule has 10 nitrogen and oxygen atoms in total. The largest absolute Gasteiger partial charge is 0.497 e. The van der Waals surface area contributed by atoms with E-state index in [1.54, 1.807) is 57.4 Å². The first-order valence-corrected chi connectivity index (χ1v) is 15.1. The molecule has 1 atom stereocenters. The predicted octanol–water partition coefficient (Wildman–Crippen LogP) is 3.89. The van der Waals surface area contributed by atoms with Gasteiger partial charge in [-0.15, -0.1) is 0 Å². The SMILES string of the molecule is CCOC(=O)COc1ccc(/C=c2\sc3n(c2=O)[C@@H](c2cccc(OC)c2)C(C(=O)OCC)=C(c2ccccc2)N=3)cc1OC. The van der Waals surface area contributed by atoms with Crippen molar-refractivity contribution in [2.24, 2.45) is 4.99 Å². The molecular weight excluding hydrogens is 596 g/mol. The number of hydrogen-bond donors (Lipinski definition) is 0. The van der Waals surface area contributed by atoms with Gasteiger partial charge in [0.25, 0.3) is 5.56 Å². The summed E-state index contributed by atoms with van der Waals surface area (Å²) in [6, 6.07) is 20.9. The standard InChI is InChI=1S/C34H32N2O8S/c1-5-42-28(37)20-44-25-16-15-21(17-26(25)41-4)18-27-32(38)36-31(23-13-10-14-24(19-23)40-3)29(33(39)43-6-2)30(35-34(36)45-27)22-11-8-7-9-12-22/h7-19,31H,5-6,20H2,1-4H3/b27-18-/t31-/m0/s1. The molecule has 1 aliphatic rings. The fraction of sp³-hybridized carbons (Fsp3) is 0.235. The summed E-state index contributed by atoms with van der Waals surface area (Å²) in [5, 5.41) is 0. The first kappa shape index (κ1) is 31.3. The van der Waals surface area contributed by atoms with Crippen molar-refractivity contribution in [3.63, 3.8) is 0 Å². The quantitative estimate of drug-likeness (QED) is 0.230. The third kappa shape index (κ3) is 6.68. The van der Waals surface area contributed by atoms with Crippen molar-refractivity contribution in [2.45, 2.75) is 19.9 Å². The number of thiazole rings is 1. The molecular formula is C34H32N2O8S. The third-order valence-electron chi connectivity index (χ3n) is 6.92. The van der Waals surface area contributed by atoms with Crippen LogP contribution < -0.4 is 29.1 Å². The monoisotopic (exact) mass is 628 g/mol. The van der Waals surface area contributed by atoms with E-state index in [1.807, 2.05) is 42.5 Å². The molecule has 45 heavy (non-hydrogen) atoms. The van der Waals surface area contributed by atoms with Crippen LogP contribution in [-0.4, -0.2) is 50.5 Å². The highest BCUT2D eigenvalue weighted by Crippen LogP contribution is 2.36. The number of nitrogens with zero attached hydrogens (tertiary/aromatic N) is 2. The number of hydrogen-bond acceptors (Lipinski definition) is 10. The van der Waals surface area contributed by atoms with Crippen molar-refractivity contribution >= 4 is 35.0 Å². The Bertz CT molecular complexity index is 1930. The van der Waals surface area contributed by atoms with Gasteiger partial charge in [-0.2, -0.15) is 0 Å². The Labute approximate surface area is 263 Å². The fourth-order valence-corrected chi connectivity index (χ4v) is 5.95. The van der Waals surface area contributed by atoms with Gasteiger partial charge in [-0.05, 0) is 55.3 Å². The van der Waals surface area contributed by atoms with Crippen LogP contribution in [0.4, 0.5) is 0 Å². The second-order valence-corrected chi connectivity index (χ2v) is 10.7. The maximum atomic E-state index is 14.2. The Morgan fingerprint density at radius 1 is 0.911 bits per heavy atom. The smallest absolute Gasteiger partial charge is 0.344 e. The molecule has 4 aromatic rings. The molecule has 0 fully saturated rings. The summed E-state index contributed by atoms with van der Waals surface area (Å²) in [6.45, 7) is 3.59. The van der Waals surface area contributed by atoms with Crippen molar-refractivity contribution in [3.8, 4) is 17.2 Å². The predicted molar refractivity (Wildman–Crippen MR) is 169 cm³/mol. The molecule has 0 N–H and O–H groups in total. The van der Waals surface area contributed by atoms with Gasteiger partial charge < -0.3 is 23.7 Å². The van der Waals surface area contributed by atoms with Gasteiger partial charge in [0.2, 0.25) is 0 Å². The molecule has 232 valence electrons. The van der Waals surface area contributed by atoms with Gasteiger partial charge >= 0.3 is 11.9 Å². The summed E-state index contributed by atoms with van der Waals surface area (Å²) in [6.07, 6.45) is 1.72. The van der Waals surface area contributed by atoms with Crippen LogP contribution in [0.3, 0.4) is 0 Å². The number of carbonyl (C=O) groups excluding carboxylic acids is 2. The lowest BCUT2D eigenvalue weighted by atomic mass is 9.93. The number of aromatic nitrogens is 1. The van der Waals surface area contributed by atoms with Crippen molar-refractivity contribution in [2.75, 3.05) is 34.0 Å². The van der Waals surface area contributed by atoms with E-state index < -0.39 is 18.0 Å². The molecule has 3 aromatic carbocycles. The van der Waals surface area contributed by atoms with E-state index in [0.29, 0.717) is 49.0 Å². The van der Waals surface area contributed by atoms with E-state index >= 15 is 0 Å². The highest BCUT2D eigenvalue weighted by atomic mass is 32.1. The van der Waals surface area contributed by atoms with E-state index in [2.05, 4.69) is 0 Å². The lowest BCUT2D eigenvalue weighted by Gasteiger charge is -2.26. The summed E-state index contributed by atoms with van der Waals surface area (Å²) in [7, 11) is 3.05. The number of benzene rings is 3. The van der Waals surface area contributed by atoms with E-state index in [-0.39, 0.29) is 31.0 Å².